The van der Waals surface area contributed by atoms with Gasteiger partial charge in [0.25, 0.3) is 0 Å². The van der Waals surface area contributed by atoms with Gasteiger partial charge in [-0.1, -0.05) is 42.5 Å². The van der Waals surface area contributed by atoms with Crippen molar-refractivity contribution in [1.29, 1.82) is 0 Å². The normalized spacial score (nSPS) is 11.3. The van der Waals surface area contributed by atoms with Crippen LogP contribution in [0.1, 0.15) is 28.5 Å². The molecule has 0 unspecified atom stereocenters. The molecule has 35 heavy (non-hydrogen) atoms. The fraction of sp³-hybridized carbons (Fsp3) is 0.138. The number of rotatable bonds is 8. The van der Waals surface area contributed by atoms with Crippen LogP contribution < -0.4 is 10.2 Å². The number of anilines is 2. The lowest BCUT2D eigenvalue weighted by Gasteiger charge is -2.20. The predicted molar refractivity (Wildman–Crippen MR) is 141 cm³/mol. The Labute approximate surface area is 204 Å². The zero-order chi connectivity index (χ0) is 24.8. The van der Waals surface area contributed by atoms with Crippen molar-refractivity contribution < 1.29 is 14.7 Å². The lowest BCUT2D eigenvalue weighted by molar-refractivity contribution is -0.111. The Hall–Kier alpha value is -4.45. The second-order valence-electron chi connectivity index (χ2n) is 8.41. The number of carbonyl (C=O) groups is 2. The fourth-order valence-corrected chi connectivity index (χ4v) is 3.90. The first-order valence-electron chi connectivity index (χ1n) is 11.4. The summed E-state index contributed by atoms with van der Waals surface area (Å²) in [6, 6.07) is 24.9. The molecule has 0 fully saturated rings. The molecule has 4 rings (SSSR count). The molecule has 0 aliphatic rings. The zero-order valence-corrected chi connectivity index (χ0v) is 19.7. The molecule has 0 spiro atoms. The number of benzene rings is 3. The van der Waals surface area contributed by atoms with Crippen molar-refractivity contribution in [2.75, 3.05) is 23.8 Å². The maximum atomic E-state index is 12.7. The molecule has 176 valence electrons. The molecule has 0 atom stereocenters. The monoisotopic (exact) mass is 465 g/mol. The van der Waals surface area contributed by atoms with E-state index in [0.717, 1.165) is 39.7 Å². The van der Waals surface area contributed by atoms with E-state index >= 15 is 0 Å². The number of aromatic nitrogens is 1. The van der Waals surface area contributed by atoms with Crippen LogP contribution in [-0.4, -0.2) is 35.6 Å². The first-order valence-corrected chi connectivity index (χ1v) is 11.4. The number of aromatic carboxylic acids is 1. The van der Waals surface area contributed by atoms with Gasteiger partial charge in [-0.25, -0.2) is 4.79 Å². The highest BCUT2D eigenvalue weighted by atomic mass is 16.4. The first-order chi connectivity index (χ1) is 16.9. The maximum absolute atomic E-state index is 12.7. The lowest BCUT2D eigenvalue weighted by Crippen LogP contribution is -2.21. The molecule has 1 amide bonds. The highest BCUT2D eigenvalue weighted by molar-refractivity contribution is 6.07. The maximum Gasteiger partial charge on any atom is 0.337 e. The van der Waals surface area contributed by atoms with Crippen molar-refractivity contribution in [3.63, 3.8) is 0 Å². The summed E-state index contributed by atoms with van der Waals surface area (Å²) in [4.78, 5) is 30.9. The summed E-state index contributed by atoms with van der Waals surface area (Å²) >= 11 is 0. The number of allylic oxidation sites excluding steroid dienone is 1. The van der Waals surface area contributed by atoms with Gasteiger partial charge in [0.2, 0.25) is 5.91 Å². The molecule has 0 aliphatic heterocycles. The van der Waals surface area contributed by atoms with E-state index in [1.165, 1.54) is 6.08 Å². The number of fused-ring (bicyclic) bond motifs is 1. The molecule has 0 saturated heterocycles. The van der Waals surface area contributed by atoms with Crippen molar-refractivity contribution in [2.45, 2.75) is 13.3 Å². The van der Waals surface area contributed by atoms with Gasteiger partial charge in [-0.15, -0.1) is 0 Å². The van der Waals surface area contributed by atoms with Gasteiger partial charge >= 0.3 is 5.97 Å². The third-order valence-electron chi connectivity index (χ3n) is 5.91. The predicted octanol–water partition coefficient (Wildman–Crippen LogP) is 5.65. The van der Waals surface area contributed by atoms with Crippen molar-refractivity contribution in [3.8, 4) is 0 Å². The highest BCUT2D eigenvalue weighted by Gasteiger charge is 2.15. The van der Waals surface area contributed by atoms with Gasteiger partial charge in [0, 0.05) is 43.7 Å². The van der Waals surface area contributed by atoms with Crippen LogP contribution in [0.15, 0.2) is 91.1 Å². The van der Waals surface area contributed by atoms with Crippen LogP contribution in [0, 0.1) is 0 Å². The summed E-state index contributed by atoms with van der Waals surface area (Å²) in [5.41, 5.74) is 3.73. The molecule has 0 bridgehead atoms. The lowest BCUT2D eigenvalue weighted by atomic mass is 10.0. The average Bonchev–Trinajstić information content (AvgIpc) is 2.87. The zero-order valence-electron chi connectivity index (χ0n) is 19.7. The highest BCUT2D eigenvalue weighted by Crippen LogP contribution is 2.25. The van der Waals surface area contributed by atoms with E-state index in [4.69, 9.17) is 0 Å². The Bertz CT molecular complexity index is 1400. The molecule has 3 aromatic carbocycles. The van der Waals surface area contributed by atoms with Crippen molar-refractivity contribution >= 4 is 39.6 Å². The summed E-state index contributed by atoms with van der Waals surface area (Å²) in [5.74, 6) is -1.48. The van der Waals surface area contributed by atoms with E-state index in [0.29, 0.717) is 6.54 Å². The SMILES string of the molecule is C/C(=C/C(=O)Nc1ccc(N(C)CCc2ccccn2)cc1C(=O)O)c1ccc2ccccc2c1. The number of hydrogen-bond donors (Lipinski definition) is 2. The third-order valence-corrected chi connectivity index (χ3v) is 5.91. The van der Waals surface area contributed by atoms with Crippen LogP contribution in [0.4, 0.5) is 11.4 Å². The number of carboxylic acids is 1. The second kappa shape index (κ2) is 10.7. The number of pyridine rings is 1. The van der Waals surface area contributed by atoms with Crippen molar-refractivity contribution in [1.82, 2.24) is 4.98 Å². The minimum atomic E-state index is -1.10. The molecule has 4 aromatic rings. The van der Waals surface area contributed by atoms with E-state index in [-0.39, 0.29) is 17.2 Å². The topological polar surface area (TPSA) is 82.5 Å². The number of hydrogen-bond acceptors (Lipinski definition) is 4. The quantitative estimate of drug-likeness (QED) is 0.329. The molecule has 6 heteroatoms. The number of amides is 1. The van der Waals surface area contributed by atoms with E-state index in [1.807, 2.05) is 79.5 Å². The second-order valence-corrected chi connectivity index (χ2v) is 8.41. The number of likely N-dealkylation sites (N-methyl/N-ethyl adjacent to an activating group) is 1. The van der Waals surface area contributed by atoms with Crippen LogP contribution in [-0.2, 0) is 11.2 Å². The van der Waals surface area contributed by atoms with Gasteiger partial charge < -0.3 is 15.3 Å². The summed E-state index contributed by atoms with van der Waals surface area (Å²) in [5, 5.41) is 14.7. The standard InChI is InChI=1S/C29H27N3O3/c1-20(22-11-10-21-7-3-4-8-23(21)18-22)17-28(33)31-27-13-12-25(19-26(27)29(34)35)32(2)16-14-24-9-5-6-15-30-24/h3-13,15,17-19H,14,16H2,1-2H3,(H,31,33)(H,34,35)/b20-17-. The number of carboxylic acid groups (broad SMARTS) is 1. The first kappa shape index (κ1) is 23.7. The molecular weight excluding hydrogens is 438 g/mol. The van der Waals surface area contributed by atoms with Crippen LogP contribution in [0.3, 0.4) is 0 Å². The van der Waals surface area contributed by atoms with E-state index in [1.54, 1.807) is 24.4 Å². The summed E-state index contributed by atoms with van der Waals surface area (Å²) in [7, 11) is 1.90. The smallest absolute Gasteiger partial charge is 0.337 e. The molecule has 0 radical (unpaired) electrons. The Balaban J connectivity index is 1.48. The van der Waals surface area contributed by atoms with E-state index < -0.39 is 5.97 Å². The number of carbonyl (C=O) groups excluding carboxylic acids is 1. The van der Waals surface area contributed by atoms with Crippen LogP contribution >= 0.6 is 0 Å². The van der Waals surface area contributed by atoms with Gasteiger partial charge in [0.1, 0.15) is 0 Å². The molecular formula is C29H27N3O3. The minimum Gasteiger partial charge on any atom is -0.478 e. The Morgan fingerprint density at radius 3 is 2.49 bits per heavy atom. The van der Waals surface area contributed by atoms with Crippen LogP contribution in [0.5, 0.6) is 0 Å². The Morgan fingerprint density at radius 2 is 1.74 bits per heavy atom. The third kappa shape index (κ3) is 5.92. The van der Waals surface area contributed by atoms with Gasteiger partial charge in [-0.3, -0.25) is 9.78 Å². The van der Waals surface area contributed by atoms with E-state index in [2.05, 4.69) is 10.3 Å². The van der Waals surface area contributed by atoms with Crippen LogP contribution in [0.25, 0.3) is 16.3 Å². The molecule has 0 saturated carbocycles. The van der Waals surface area contributed by atoms with Crippen molar-refractivity contribution in [2.24, 2.45) is 0 Å². The summed E-state index contributed by atoms with van der Waals surface area (Å²) in [6.45, 7) is 2.54. The molecule has 2 N–H and O–H groups in total. The van der Waals surface area contributed by atoms with E-state index in [9.17, 15) is 14.7 Å². The summed E-state index contributed by atoms with van der Waals surface area (Å²) < 4.78 is 0. The fourth-order valence-electron chi connectivity index (χ4n) is 3.90. The molecule has 0 aliphatic carbocycles. The number of nitrogens with one attached hydrogen (secondary N) is 1. The Kier molecular flexibility index (Phi) is 7.21. The van der Waals surface area contributed by atoms with Gasteiger partial charge in [-0.2, -0.15) is 0 Å². The average molecular weight is 466 g/mol. The summed E-state index contributed by atoms with van der Waals surface area (Å²) in [6.07, 6.45) is 3.98. The number of nitrogens with zero attached hydrogens (tertiary/aromatic N) is 2. The molecule has 1 aromatic heterocycles. The van der Waals surface area contributed by atoms with Crippen LogP contribution in [0.2, 0.25) is 0 Å². The van der Waals surface area contributed by atoms with Crippen molar-refractivity contribution in [3.05, 3.63) is 108 Å². The molecule has 6 nitrogen and oxygen atoms in total. The minimum absolute atomic E-state index is 0.0392. The largest absolute Gasteiger partial charge is 0.478 e. The van der Waals surface area contributed by atoms with Gasteiger partial charge in [-0.05, 0) is 65.2 Å². The Morgan fingerprint density at radius 1 is 0.971 bits per heavy atom. The van der Waals surface area contributed by atoms with Gasteiger partial charge in [0.05, 0.1) is 11.3 Å². The molecule has 1 heterocycles. The van der Waals surface area contributed by atoms with Gasteiger partial charge in [0.15, 0.2) is 0 Å².